The van der Waals surface area contributed by atoms with E-state index in [0.717, 1.165) is 12.4 Å². The molecular weight excluding hydrogens is 150 g/mol. The van der Waals surface area contributed by atoms with Crippen molar-refractivity contribution in [2.45, 2.75) is 19.4 Å². The number of rotatable bonds is 4. The van der Waals surface area contributed by atoms with Crippen molar-refractivity contribution in [2.75, 3.05) is 6.54 Å². The minimum atomic E-state index is 0.162. The summed E-state index contributed by atoms with van der Waals surface area (Å²) in [4.78, 5) is 7.18. The Hall–Kier alpha value is -1.27. The van der Waals surface area contributed by atoms with E-state index in [9.17, 15) is 0 Å². The Morgan fingerprint density at radius 1 is 1.83 bits per heavy atom. The van der Waals surface area contributed by atoms with E-state index in [2.05, 4.69) is 21.2 Å². The quantitative estimate of drug-likeness (QED) is 0.652. The summed E-state index contributed by atoms with van der Waals surface area (Å²) in [7, 11) is 0. The normalized spacial score (nSPS) is 12.3. The Bertz CT molecular complexity index is 245. The van der Waals surface area contributed by atoms with E-state index < -0.39 is 0 Å². The molecule has 0 aliphatic rings. The van der Waals surface area contributed by atoms with Crippen LogP contribution in [0, 0.1) is 12.3 Å². The van der Waals surface area contributed by atoms with Crippen LogP contribution in [0.1, 0.15) is 25.2 Å². The fraction of sp³-hybridized carbons (Fsp3) is 0.444. The Kier molecular flexibility index (Phi) is 3.36. The number of aromatic nitrogens is 2. The van der Waals surface area contributed by atoms with E-state index in [0.29, 0.717) is 6.42 Å². The number of aromatic amines is 1. The van der Waals surface area contributed by atoms with Crippen molar-refractivity contribution < 1.29 is 0 Å². The molecule has 64 valence electrons. The molecule has 0 saturated heterocycles. The molecule has 0 aliphatic carbocycles. The van der Waals surface area contributed by atoms with Gasteiger partial charge in [0.15, 0.2) is 0 Å². The number of H-pyrrole nitrogens is 1. The number of imidazole rings is 1. The first kappa shape index (κ1) is 8.82. The van der Waals surface area contributed by atoms with Gasteiger partial charge >= 0.3 is 0 Å². The van der Waals surface area contributed by atoms with E-state index in [1.54, 1.807) is 12.4 Å². The summed E-state index contributed by atoms with van der Waals surface area (Å²) < 4.78 is 0. The van der Waals surface area contributed by atoms with Crippen molar-refractivity contribution in [1.82, 2.24) is 15.3 Å². The predicted octanol–water partition coefficient (Wildman–Crippen LogP) is 1.08. The van der Waals surface area contributed by atoms with Crippen molar-refractivity contribution in [3.8, 4) is 12.3 Å². The summed E-state index contributed by atoms with van der Waals surface area (Å²) >= 11 is 0. The molecule has 3 nitrogen and oxygen atoms in total. The summed E-state index contributed by atoms with van der Waals surface area (Å²) in [5, 5.41) is 3.25. The molecule has 1 rings (SSSR count). The third kappa shape index (κ3) is 2.11. The van der Waals surface area contributed by atoms with Crippen LogP contribution in [0.15, 0.2) is 12.4 Å². The fourth-order valence-electron chi connectivity index (χ4n) is 1.10. The zero-order valence-corrected chi connectivity index (χ0v) is 7.17. The fourth-order valence-corrected chi connectivity index (χ4v) is 1.10. The molecule has 1 atom stereocenters. The second-order valence-corrected chi connectivity index (χ2v) is 2.49. The van der Waals surface area contributed by atoms with Gasteiger partial charge in [-0.05, 0) is 6.54 Å². The average molecular weight is 163 g/mol. The lowest BCUT2D eigenvalue weighted by Gasteiger charge is -2.11. The van der Waals surface area contributed by atoms with Crippen LogP contribution in [0.25, 0.3) is 0 Å². The summed E-state index contributed by atoms with van der Waals surface area (Å²) in [6.45, 7) is 2.94. The van der Waals surface area contributed by atoms with E-state index in [1.807, 2.05) is 6.92 Å². The number of hydrogen-bond donors (Lipinski definition) is 2. The van der Waals surface area contributed by atoms with Gasteiger partial charge in [0.2, 0.25) is 0 Å². The van der Waals surface area contributed by atoms with Crippen LogP contribution in [-0.4, -0.2) is 16.5 Å². The highest BCUT2D eigenvalue weighted by Gasteiger charge is 2.09. The van der Waals surface area contributed by atoms with Gasteiger partial charge < -0.3 is 10.3 Å². The van der Waals surface area contributed by atoms with Crippen LogP contribution in [0.4, 0.5) is 0 Å². The molecular formula is C9H13N3. The first-order valence-electron chi connectivity index (χ1n) is 4.04. The Morgan fingerprint density at radius 2 is 2.67 bits per heavy atom. The molecule has 12 heavy (non-hydrogen) atoms. The van der Waals surface area contributed by atoms with Crippen LogP contribution in [0.3, 0.4) is 0 Å². The Balaban J connectivity index is 2.61. The van der Waals surface area contributed by atoms with E-state index in [1.165, 1.54) is 0 Å². The van der Waals surface area contributed by atoms with Gasteiger partial charge in [0, 0.05) is 18.8 Å². The van der Waals surface area contributed by atoms with Crippen LogP contribution in [0.2, 0.25) is 0 Å². The molecule has 3 heteroatoms. The molecule has 0 spiro atoms. The maximum absolute atomic E-state index is 5.23. The monoisotopic (exact) mass is 163 g/mol. The average Bonchev–Trinajstić information content (AvgIpc) is 2.56. The Labute approximate surface area is 72.6 Å². The first-order valence-corrected chi connectivity index (χ1v) is 4.04. The Morgan fingerprint density at radius 3 is 3.17 bits per heavy atom. The van der Waals surface area contributed by atoms with Gasteiger partial charge in [-0.1, -0.05) is 6.92 Å². The van der Waals surface area contributed by atoms with Crippen LogP contribution in [-0.2, 0) is 0 Å². The number of nitrogens with zero attached hydrogens (tertiary/aromatic N) is 1. The van der Waals surface area contributed by atoms with Crippen molar-refractivity contribution in [3.05, 3.63) is 18.2 Å². The molecule has 1 aromatic heterocycles. The van der Waals surface area contributed by atoms with Crippen LogP contribution < -0.4 is 5.32 Å². The van der Waals surface area contributed by atoms with Crippen molar-refractivity contribution in [3.63, 3.8) is 0 Å². The molecule has 0 bridgehead atoms. The van der Waals surface area contributed by atoms with Crippen LogP contribution in [0.5, 0.6) is 0 Å². The molecule has 0 aliphatic heterocycles. The summed E-state index contributed by atoms with van der Waals surface area (Å²) in [5.74, 6) is 3.53. The molecule has 2 N–H and O–H groups in total. The zero-order chi connectivity index (χ0) is 8.81. The third-order valence-corrected chi connectivity index (χ3v) is 1.62. The number of hydrogen-bond acceptors (Lipinski definition) is 2. The minimum absolute atomic E-state index is 0.162. The highest BCUT2D eigenvalue weighted by Crippen LogP contribution is 2.09. The topological polar surface area (TPSA) is 40.7 Å². The zero-order valence-electron chi connectivity index (χ0n) is 7.17. The van der Waals surface area contributed by atoms with E-state index in [-0.39, 0.29) is 6.04 Å². The second kappa shape index (κ2) is 4.58. The summed E-state index contributed by atoms with van der Waals surface area (Å²) in [6, 6.07) is 0.162. The van der Waals surface area contributed by atoms with Crippen molar-refractivity contribution >= 4 is 0 Å². The van der Waals surface area contributed by atoms with Crippen molar-refractivity contribution in [2.24, 2.45) is 0 Å². The third-order valence-electron chi connectivity index (χ3n) is 1.62. The maximum Gasteiger partial charge on any atom is 0.124 e. The molecule has 1 aromatic rings. The molecule has 0 aromatic carbocycles. The number of nitrogens with one attached hydrogen (secondary N) is 2. The lowest BCUT2D eigenvalue weighted by Crippen LogP contribution is -2.21. The standard InChI is InChI=1S/C9H13N3/c1-3-5-8(10-4-2)9-11-6-7-12-9/h1,6-8,10H,4-5H2,2H3,(H,11,12). The lowest BCUT2D eigenvalue weighted by molar-refractivity contribution is 0.540. The lowest BCUT2D eigenvalue weighted by atomic mass is 10.2. The summed E-state index contributed by atoms with van der Waals surface area (Å²) in [6.07, 6.45) is 9.44. The van der Waals surface area contributed by atoms with Gasteiger partial charge in [-0.15, -0.1) is 12.3 Å². The van der Waals surface area contributed by atoms with Gasteiger partial charge in [0.05, 0.1) is 6.04 Å². The molecule has 0 saturated carbocycles. The summed E-state index contributed by atoms with van der Waals surface area (Å²) in [5.41, 5.74) is 0. The number of terminal acetylenes is 1. The highest BCUT2D eigenvalue weighted by atomic mass is 15.0. The van der Waals surface area contributed by atoms with E-state index >= 15 is 0 Å². The minimum Gasteiger partial charge on any atom is -0.347 e. The van der Waals surface area contributed by atoms with E-state index in [4.69, 9.17) is 6.42 Å². The van der Waals surface area contributed by atoms with Gasteiger partial charge in [0.1, 0.15) is 5.82 Å². The largest absolute Gasteiger partial charge is 0.347 e. The molecule has 1 unspecified atom stereocenters. The SMILES string of the molecule is C#CCC(NCC)c1ncc[nH]1. The van der Waals surface area contributed by atoms with Crippen LogP contribution >= 0.6 is 0 Å². The van der Waals surface area contributed by atoms with Gasteiger partial charge in [0.25, 0.3) is 0 Å². The molecule has 0 amide bonds. The van der Waals surface area contributed by atoms with Gasteiger partial charge in [-0.25, -0.2) is 4.98 Å². The van der Waals surface area contributed by atoms with Gasteiger partial charge in [-0.2, -0.15) is 0 Å². The highest BCUT2D eigenvalue weighted by molar-refractivity contribution is 5.01. The smallest absolute Gasteiger partial charge is 0.124 e. The second-order valence-electron chi connectivity index (χ2n) is 2.49. The molecule has 0 fully saturated rings. The van der Waals surface area contributed by atoms with Crippen molar-refractivity contribution in [1.29, 1.82) is 0 Å². The maximum atomic E-state index is 5.23. The van der Waals surface area contributed by atoms with Gasteiger partial charge in [-0.3, -0.25) is 0 Å². The predicted molar refractivity (Wildman–Crippen MR) is 48.5 cm³/mol. The molecule has 1 heterocycles. The first-order chi connectivity index (χ1) is 5.88. The molecule has 0 radical (unpaired) electrons.